The van der Waals surface area contributed by atoms with Crippen LogP contribution in [0.1, 0.15) is 54.9 Å². The summed E-state index contributed by atoms with van der Waals surface area (Å²) in [5, 5.41) is 0.609. The van der Waals surface area contributed by atoms with Crippen LogP contribution in [0, 0.1) is 18.8 Å². The molecule has 0 N–H and O–H groups in total. The second kappa shape index (κ2) is 5.88. The molecule has 98 valence electrons. The molecule has 0 aromatic heterocycles. The Morgan fingerprint density at radius 2 is 1.94 bits per heavy atom. The molecular formula is C16H21ClO. The molecule has 1 aromatic carbocycles. The van der Waals surface area contributed by atoms with E-state index in [1.54, 1.807) is 0 Å². The van der Waals surface area contributed by atoms with E-state index in [4.69, 9.17) is 11.6 Å². The van der Waals surface area contributed by atoms with Crippen LogP contribution in [-0.2, 0) is 0 Å². The zero-order valence-corrected chi connectivity index (χ0v) is 12.0. The maximum atomic E-state index is 12.4. The Balaban J connectivity index is 2.08. The van der Waals surface area contributed by atoms with Crippen LogP contribution in [-0.4, -0.2) is 5.78 Å². The lowest BCUT2D eigenvalue weighted by molar-refractivity contribution is 0.0871. The van der Waals surface area contributed by atoms with Crippen molar-refractivity contribution in [2.24, 2.45) is 11.8 Å². The van der Waals surface area contributed by atoms with Gasteiger partial charge in [0.05, 0.1) is 5.02 Å². The topological polar surface area (TPSA) is 17.1 Å². The van der Waals surface area contributed by atoms with E-state index in [0.717, 1.165) is 24.3 Å². The zero-order chi connectivity index (χ0) is 13.1. The van der Waals surface area contributed by atoms with Crippen molar-refractivity contribution in [3.63, 3.8) is 0 Å². The number of carbonyl (C=O) groups excluding carboxylic acids is 1. The Bertz CT molecular complexity index is 431. The number of benzene rings is 1. The molecule has 1 aliphatic rings. The van der Waals surface area contributed by atoms with Gasteiger partial charge in [0, 0.05) is 11.5 Å². The van der Waals surface area contributed by atoms with Crippen LogP contribution in [0.15, 0.2) is 18.2 Å². The summed E-state index contributed by atoms with van der Waals surface area (Å²) in [5.74, 6) is 1.25. The molecule has 2 heteroatoms. The zero-order valence-electron chi connectivity index (χ0n) is 11.2. The Labute approximate surface area is 115 Å². The second-order valence-electron chi connectivity index (χ2n) is 5.47. The van der Waals surface area contributed by atoms with Crippen molar-refractivity contribution in [2.45, 2.75) is 46.0 Å². The van der Waals surface area contributed by atoms with Gasteiger partial charge >= 0.3 is 0 Å². The third-order valence-corrected chi connectivity index (χ3v) is 4.50. The fraction of sp³-hybridized carbons (Fsp3) is 0.562. The predicted octanol–water partition coefficient (Wildman–Crippen LogP) is 5.05. The molecule has 0 heterocycles. The first-order valence-electron chi connectivity index (χ1n) is 6.92. The van der Waals surface area contributed by atoms with Gasteiger partial charge in [0.25, 0.3) is 0 Å². The third kappa shape index (κ3) is 2.95. The monoisotopic (exact) mass is 264 g/mol. The molecule has 1 aromatic rings. The van der Waals surface area contributed by atoms with Crippen LogP contribution in [0.5, 0.6) is 0 Å². The largest absolute Gasteiger partial charge is 0.294 e. The SMILES string of the molecule is CCC1CCC(C(=O)c2ccc(C)cc2Cl)CC1. The number of halogens is 1. The average Bonchev–Trinajstić information content (AvgIpc) is 2.38. The molecule has 0 unspecified atom stereocenters. The van der Waals surface area contributed by atoms with Gasteiger partial charge in [0.15, 0.2) is 5.78 Å². The molecule has 1 fully saturated rings. The summed E-state index contributed by atoms with van der Waals surface area (Å²) in [7, 11) is 0. The van der Waals surface area contributed by atoms with Crippen LogP contribution < -0.4 is 0 Å². The Morgan fingerprint density at radius 1 is 1.28 bits per heavy atom. The van der Waals surface area contributed by atoms with Crippen molar-refractivity contribution in [2.75, 3.05) is 0 Å². The highest BCUT2D eigenvalue weighted by molar-refractivity contribution is 6.34. The number of hydrogen-bond acceptors (Lipinski definition) is 1. The van der Waals surface area contributed by atoms with E-state index in [1.807, 2.05) is 25.1 Å². The third-order valence-electron chi connectivity index (χ3n) is 4.18. The van der Waals surface area contributed by atoms with Crippen molar-refractivity contribution in [1.82, 2.24) is 0 Å². The van der Waals surface area contributed by atoms with Gasteiger partial charge in [-0.2, -0.15) is 0 Å². The Kier molecular flexibility index (Phi) is 4.45. The van der Waals surface area contributed by atoms with Crippen molar-refractivity contribution < 1.29 is 4.79 Å². The molecule has 1 nitrogen and oxygen atoms in total. The summed E-state index contributed by atoms with van der Waals surface area (Å²) in [6, 6.07) is 5.73. The Morgan fingerprint density at radius 3 is 2.50 bits per heavy atom. The number of rotatable bonds is 3. The molecule has 0 aliphatic heterocycles. The van der Waals surface area contributed by atoms with E-state index in [2.05, 4.69) is 6.92 Å². The lowest BCUT2D eigenvalue weighted by Gasteiger charge is -2.27. The number of hydrogen-bond donors (Lipinski definition) is 0. The van der Waals surface area contributed by atoms with Crippen molar-refractivity contribution in [3.05, 3.63) is 34.3 Å². The summed E-state index contributed by atoms with van der Waals surface area (Å²) < 4.78 is 0. The van der Waals surface area contributed by atoms with E-state index < -0.39 is 0 Å². The highest BCUT2D eigenvalue weighted by Gasteiger charge is 2.27. The summed E-state index contributed by atoms with van der Waals surface area (Å²) >= 11 is 6.18. The summed E-state index contributed by atoms with van der Waals surface area (Å²) in [5.41, 5.74) is 1.81. The lowest BCUT2D eigenvalue weighted by Crippen LogP contribution is -2.22. The van der Waals surface area contributed by atoms with Gasteiger partial charge in [-0.3, -0.25) is 4.79 Å². The molecule has 0 atom stereocenters. The second-order valence-corrected chi connectivity index (χ2v) is 5.88. The van der Waals surface area contributed by atoms with Gasteiger partial charge in [-0.1, -0.05) is 31.0 Å². The quantitative estimate of drug-likeness (QED) is 0.699. The van der Waals surface area contributed by atoms with Crippen LogP contribution in [0.2, 0.25) is 5.02 Å². The first kappa shape index (κ1) is 13.6. The van der Waals surface area contributed by atoms with Crippen molar-refractivity contribution in [1.29, 1.82) is 0 Å². The van der Waals surface area contributed by atoms with Crippen LogP contribution in [0.25, 0.3) is 0 Å². The molecule has 2 rings (SSSR count). The van der Waals surface area contributed by atoms with E-state index in [0.29, 0.717) is 10.6 Å². The van der Waals surface area contributed by atoms with E-state index >= 15 is 0 Å². The fourth-order valence-electron chi connectivity index (χ4n) is 2.87. The van der Waals surface area contributed by atoms with E-state index in [1.165, 1.54) is 19.3 Å². The van der Waals surface area contributed by atoms with E-state index in [9.17, 15) is 4.79 Å². The summed E-state index contributed by atoms with van der Waals surface area (Å²) in [6.45, 7) is 4.23. The van der Waals surface area contributed by atoms with Gasteiger partial charge < -0.3 is 0 Å². The maximum Gasteiger partial charge on any atom is 0.167 e. The molecule has 0 saturated heterocycles. The first-order chi connectivity index (χ1) is 8.61. The molecule has 0 radical (unpaired) electrons. The molecule has 0 amide bonds. The molecule has 0 bridgehead atoms. The molecule has 18 heavy (non-hydrogen) atoms. The summed E-state index contributed by atoms with van der Waals surface area (Å²) in [6.07, 6.45) is 5.68. The minimum absolute atomic E-state index is 0.188. The summed E-state index contributed by atoms with van der Waals surface area (Å²) in [4.78, 5) is 12.4. The van der Waals surface area contributed by atoms with E-state index in [-0.39, 0.29) is 11.7 Å². The highest BCUT2D eigenvalue weighted by atomic mass is 35.5. The molecule has 1 saturated carbocycles. The lowest BCUT2D eigenvalue weighted by atomic mass is 9.78. The standard InChI is InChI=1S/C16H21ClO/c1-3-12-5-7-13(8-6-12)16(18)14-9-4-11(2)10-15(14)17/h4,9-10,12-13H,3,5-8H2,1-2H3. The highest BCUT2D eigenvalue weighted by Crippen LogP contribution is 2.33. The van der Waals surface area contributed by atoms with Gasteiger partial charge in [-0.15, -0.1) is 0 Å². The number of ketones is 1. The number of carbonyl (C=O) groups is 1. The molecule has 1 aliphatic carbocycles. The minimum Gasteiger partial charge on any atom is -0.294 e. The van der Waals surface area contributed by atoms with Gasteiger partial charge in [0.2, 0.25) is 0 Å². The van der Waals surface area contributed by atoms with Gasteiger partial charge in [-0.25, -0.2) is 0 Å². The number of Topliss-reactive ketones (excluding diaryl/α,β-unsaturated/α-hetero) is 1. The minimum atomic E-state index is 0.188. The predicted molar refractivity (Wildman–Crippen MR) is 76.3 cm³/mol. The van der Waals surface area contributed by atoms with Crippen LogP contribution in [0.4, 0.5) is 0 Å². The van der Waals surface area contributed by atoms with Crippen LogP contribution in [0.3, 0.4) is 0 Å². The molecule has 0 spiro atoms. The van der Waals surface area contributed by atoms with Crippen molar-refractivity contribution in [3.8, 4) is 0 Å². The number of aryl methyl sites for hydroxylation is 1. The Hall–Kier alpha value is -0.820. The fourth-order valence-corrected chi connectivity index (χ4v) is 3.20. The maximum absolute atomic E-state index is 12.4. The van der Waals surface area contributed by atoms with Crippen molar-refractivity contribution >= 4 is 17.4 Å². The van der Waals surface area contributed by atoms with Gasteiger partial charge in [-0.05, 0) is 56.2 Å². The van der Waals surface area contributed by atoms with Crippen LogP contribution >= 0.6 is 11.6 Å². The normalized spacial score (nSPS) is 23.9. The smallest absolute Gasteiger partial charge is 0.167 e. The van der Waals surface area contributed by atoms with Gasteiger partial charge in [0.1, 0.15) is 0 Å². The molecular weight excluding hydrogens is 244 g/mol. The average molecular weight is 265 g/mol. The first-order valence-corrected chi connectivity index (χ1v) is 7.30.